The zero-order valence-corrected chi connectivity index (χ0v) is 19.2. The SMILES string of the molecule is CC(=C/c1ccc(C(C)C)cc1)/C=N/NC(=O)CCC(=O)Nc1cc(C(F)(F)F)ccc1Cl. The molecule has 2 rings (SSSR count). The van der Waals surface area contributed by atoms with Gasteiger partial charge in [-0.25, -0.2) is 5.43 Å². The summed E-state index contributed by atoms with van der Waals surface area (Å²) in [7, 11) is 0. The molecule has 0 heterocycles. The van der Waals surface area contributed by atoms with Gasteiger partial charge in [0, 0.05) is 12.8 Å². The number of benzene rings is 2. The molecule has 0 saturated heterocycles. The number of halogens is 4. The van der Waals surface area contributed by atoms with E-state index < -0.39 is 23.6 Å². The van der Waals surface area contributed by atoms with Crippen LogP contribution in [0.25, 0.3) is 6.08 Å². The van der Waals surface area contributed by atoms with Crippen molar-refractivity contribution in [1.29, 1.82) is 0 Å². The molecule has 0 saturated carbocycles. The molecule has 176 valence electrons. The molecule has 2 aromatic carbocycles. The summed E-state index contributed by atoms with van der Waals surface area (Å²) in [4.78, 5) is 23.9. The number of hydrogen-bond donors (Lipinski definition) is 2. The van der Waals surface area contributed by atoms with E-state index in [4.69, 9.17) is 11.6 Å². The van der Waals surface area contributed by atoms with Crippen molar-refractivity contribution in [3.8, 4) is 0 Å². The summed E-state index contributed by atoms with van der Waals surface area (Å²) < 4.78 is 38.4. The first-order valence-corrected chi connectivity index (χ1v) is 10.6. The van der Waals surface area contributed by atoms with Gasteiger partial charge in [-0.3, -0.25) is 9.59 Å². The van der Waals surface area contributed by atoms with Gasteiger partial charge in [-0.2, -0.15) is 18.3 Å². The Kier molecular flexibility index (Phi) is 9.22. The van der Waals surface area contributed by atoms with Crippen LogP contribution >= 0.6 is 11.6 Å². The van der Waals surface area contributed by atoms with Crippen molar-refractivity contribution in [3.05, 3.63) is 69.8 Å². The molecule has 0 unspecified atom stereocenters. The largest absolute Gasteiger partial charge is 0.416 e. The Balaban J connectivity index is 1.83. The predicted octanol–water partition coefficient (Wildman–Crippen LogP) is 6.41. The third-order valence-corrected chi connectivity index (χ3v) is 4.93. The van der Waals surface area contributed by atoms with Crippen molar-refractivity contribution in [2.75, 3.05) is 5.32 Å². The number of rotatable bonds is 8. The van der Waals surface area contributed by atoms with Gasteiger partial charge in [-0.05, 0) is 47.7 Å². The van der Waals surface area contributed by atoms with Crippen LogP contribution in [-0.2, 0) is 15.8 Å². The molecule has 0 aliphatic rings. The van der Waals surface area contributed by atoms with Crippen LogP contribution in [0.2, 0.25) is 5.02 Å². The molecule has 0 aromatic heterocycles. The monoisotopic (exact) mass is 479 g/mol. The molecule has 0 bridgehead atoms. The lowest BCUT2D eigenvalue weighted by atomic mass is 10.0. The van der Waals surface area contributed by atoms with Crippen molar-refractivity contribution in [3.63, 3.8) is 0 Å². The summed E-state index contributed by atoms with van der Waals surface area (Å²) in [5.41, 5.74) is 4.26. The Bertz CT molecular complexity index is 1050. The van der Waals surface area contributed by atoms with E-state index >= 15 is 0 Å². The lowest BCUT2D eigenvalue weighted by Gasteiger charge is -2.11. The van der Waals surface area contributed by atoms with Crippen LogP contribution < -0.4 is 10.7 Å². The minimum absolute atomic E-state index is 0.0356. The van der Waals surface area contributed by atoms with E-state index in [2.05, 4.69) is 41.8 Å². The van der Waals surface area contributed by atoms with Crippen molar-refractivity contribution >= 4 is 41.4 Å². The van der Waals surface area contributed by atoms with Gasteiger partial charge in [0.15, 0.2) is 0 Å². The van der Waals surface area contributed by atoms with Crippen molar-refractivity contribution < 1.29 is 22.8 Å². The third kappa shape index (κ3) is 8.73. The summed E-state index contributed by atoms with van der Waals surface area (Å²) in [5, 5.41) is 6.11. The minimum atomic E-state index is -4.56. The fourth-order valence-corrected chi connectivity index (χ4v) is 2.94. The first kappa shape index (κ1) is 26.1. The molecule has 0 aliphatic carbocycles. The molecular weight excluding hydrogens is 455 g/mol. The first-order valence-electron chi connectivity index (χ1n) is 10.2. The number of amides is 2. The second-order valence-corrected chi connectivity index (χ2v) is 8.15. The Labute approximate surface area is 195 Å². The summed E-state index contributed by atoms with van der Waals surface area (Å²) >= 11 is 5.84. The van der Waals surface area contributed by atoms with Gasteiger partial charge in [-0.15, -0.1) is 0 Å². The number of alkyl halides is 3. The topological polar surface area (TPSA) is 70.6 Å². The van der Waals surface area contributed by atoms with E-state index in [0.717, 1.165) is 29.3 Å². The number of hydrazone groups is 1. The number of carbonyl (C=O) groups is 2. The number of nitrogens with zero attached hydrogens (tertiary/aromatic N) is 1. The maximum atomic E-state index is 12.8. The normalized spacial score (nSPS) is 12.3. The van der Waals surface area contributed by atoms with Crippen molar-refractivity contribution in [2.45, 2.75) is 45.7 Å². The maximum Gasteiger partial charge on any atom is 0.416 e. The number of nitrogens with one attached hydrogen (secondary N) is 2. The minimum Gasteiger partial charge on any atom is -0.325 e. The van der Waals surface area contributed by atoms with Gasteiger partial charge in [-0.1, -0.05) is 55.8 Å². The first-order chi connectivity index (χ1) is 15.5. The third-order valence-electron chi connectivity index (χ3n) is 4.60. The van der Waals surface area contributed by atoms with Gasteiger partial charge < -0.3 is 5.32 Å². The van der Waals surface area contributed by atoms with Gasteiger partial charge in [0.05, 0.1) is 22.5 Å². The van der Waals surface area contributed by atoms with E-state index in [-0.39, 0.29) is 23.6 Å². The van der Waals surface area contributed by atoms with Gasteiger partial charge >= 0.3 is 6.18 Å². The van der Waals surface area contributed by atoms with E-state index in [0.29, 0.717) is 5.92 Å². The van der Waals surface area contributed by atoms with E-state index in [1.807, 2.05) is 25.1 Å². The summed E-state index contributed by atoms with van der Waals surface area (Å²) in [6.07, 6.45) is -1.61. The fourth-order valence-electron chi connectivity index (χ4n) is 2.78. The van der Waals surface area contributed by atoms with Crippen molar-refractivity contribution in [1.82, 2.24) is 5.43 Å². The van der Waals surface area contributed by atoms with Crippen LogP contribution in [0.4, 0.5) is 18.9 Å². The Morgan fingerprint density at radius 2 is 1.70 bits per heavy atom. The van der Waals surface area contributed by atoms with Gasteiger partial charge in [0.1, 0.15) is 0 Å². The summed E-state index contributed by atoms with van der Waals surface area (Å²) in [6, 6.07) is 10.7. The van der Waals surface area contributed by atoms with Crippen LogP contribution in [0.1, 0.15) is 56.2 Å². The van der Waals surface area contributed by atoms with E-state index in [1.165, 1.54) is 11.8 Å². The van der Waals surface area contributed by atoms with Crippen LogP contribution in [0.5, 0.6) is 0 Å². The molecule has 0 atom stereocenters. The average molecular weight is 480 g/mol. The molecular formula is C24H25ClF3N3O2. The fraction of sp³-hybridized carbons (Fsp3) is 0.292. The number of allylic oxidation sites excluding steroid dienone is 1. The molecule has 0 radical (unpaired) electrons. The molecule has 2 aromatic rings. The maximum absolute atomic E-state index is 12.8. The zero-order valence-electron chi connectivity index (χ0n) is 18.5. The lowest BCUT2D eigenvalue weighted by molar-refractivity contribution is -0.137. The van der Waals surface area contributed by atoms with Crippen LogP contribution in [-0.4, -0.2) is 18.0 Å². The lowest BCUT2D eigenvalue weighted by Crippen LogP contribution is -2.21. The highest BCUT2D eigenvalue weighted by molar-refractivity contribution is 6.33. The number of carbonyl (C=O) groups excluding carboxylic acids is 2. The summed E-state index contributed by atoms with van der Waals surface area (Å²) in [5.74, 6) is -0.702. The molecule has 5 nitrogen and oxygen atoms in total. The quantitative estimate of drug-likeness (QED) is 0.339. The van der Waals surface area contributed by atoms with E-state index in [1.54, 1.807) is 0 Å². The Morgan fingerprint density at radius 3 is 2.30 bits per heavy atom. The highest BCUT2D eigenvalue weighted by Crippen LogP contribution is 2.33. The van der Waals surface area contributed by atoms with Crippen LogP contribution in [0, 0.1) is 0 Å². The average Bonchev–Trinajstić information content (AvgIpc) is 2.73. The molecule has 0 spiro atoms. The molecule has 9 heteroatoms. The Hall–Kier alpha value is -3.13. The second-order valence-electron chi connectivity index (χ2n) is 7.74. The van der Waals surface area contributed by atoms with Crippen molar-refractivity contribution in [2.24, 2.45) is 5.10 Å². The predicted molar refractivity (Wildman–Crippen MR) is 125 cm³/mol. The van der Waals surface area contributed by atoms with E-state index in [9.17, 15) is 22.8 Å². The molecule has 2 N–H and O–H groups in total. The van der Waals surface area contributed by atoms with Gasteiger partial charge in [0.25, 0.3) is 0 Å². The highest BCUT2D eigenvalue weighted by atomic mass is 35.5. The smallest absolute Gasteiger partial charge is 0.325 e. The van der Waals surface area contributed by atoms with Crippen LogP contribution in [0.15, 0.2) is 53.1 Å². The molecule has 2 amide bonds. The molecule has 0 aliphatic heterocycles. The Morgan fingerprint density at radius 1 is 1.06 bits per heavy atom. The highest BCUT2D eigenvalue weighted by Gasteiger charge is 2.31. The molecule has 33 heavy (non-hydrogen) atoms. The number of hydrogen-bond acceptors (Lipinski definition) is 3. The zero-order chi connectivity index (χ0) is 24.6. The summed E-state index contributed by atoms with van der Waals surface area (Å²) in [6.45, 7) is 6.07. The second kappa shape index (κ2) is 11.7. The van der Waals surface area contributed by atoms with Gasteiger partial charge in [0.2, 0.25) is 11.8 Å². The number of anilines is 1. The molecule has 0 fully saturated rings. The van der Waals surface area contributed by atoms with Crippen LogP contribution in [0.3, 0.4) is 0 Å². The standard InChI is InChI=1S/C24H25ClF3N3O2/c1-15(2)18-6-4-17(5-7-18)12-16(3)14-29-31-23(33)11-10-22(32)30-21-13-19(24(26,27)28)8-9-20(21)25/h4-9,12-15H,10-11H2,1-3H3,(H,30,32)(H,31,33)/b16-12-,29-14+.